The van der Waals surface area contributed by atoms with E-state index in [-0.39, 0.29) is 6.04 Å². The monoisotopic (exact) mass is 240 g/mol. The Hall–Kier alpha value is -0.730. The van der Waals surface area contributed by atoms with Gasteiger partial charge in [0.15, 0.2) is 0 Å². The molecule has 0 spiro atoms. The zero-order valence-electron chi connectivity index (χ0n) is 10.3. The molecule has 3 heteroatoms. The lowest BCUT2D eigenvalue weighted by molar-refractivity contribution is 0.788. The van der Waals surface area contributed by atoms with E-state index in [1.54, 1.807) is 0 Å². The van der Waals surface area contributed by atoms with E-state index in [0.29, 0.717) is 0 Å². The van der Waals surface area contributed by atoms with Crippen LogP contribution in [0.1, 0.15) is 38.8 Å². The highest BCUT2D eigenvalue weighted by molar-refractivity contribution is 6.33. The molecule has 0 amide bonds. The minimum Gasteiger partial charge on any atom is -0.371 e. The van der Waals surface area contributed by atoms with Crippen LogP contribution in [-0.4, -0.2) is 13.1 Å². The Morgan fingerprint density at radius 1 is 1.38 bits per heavy atom. The Bertz CT molecular complexity index is 337. The third-order valence-electron chi connectivity index (χ3n) is 2.71. The molecule has 0 radical (unpaired) electrons. The van der Waals surface area contributed by atoms with Gasteiger partial charge in [-0.2, -0.15) is 0 Å². The Morgan fingerprint density at radius 3 is 2.50 bits per heavy atom. The third kappa shape index (κ3) is 3.13. The fourth-order valence-corrected chi connectivity index (χ4v) is 2.09. The van der Waals surface area contributed by atoms with Crippen molar-refractivity contribution in [2.45, 2.75) is 33.2 Å². The predicted octanol–water partition coefficient (Wildman–Crippen LogP) is 3.60. The average Bonchev–Trinajstić information content (AvgIpc) is 2.26. The van der Waals surface area contributed by atoms with Gasteiger partial charge in [0, 0.05) is 19.1 Å². The van der Waals surface area contributed by atoms with Gasteiger partial charge in [-0.15, -0.1) is 0 Å². The van der Waals surface area contributed by atoms with E-state index < -0.39 is 0 Å². The third-order valence-corrected chi connectivity index (χ3v) is 3.02. The number of hydrogen-bond acceptors (Lipinski definition) is 2. The Kier molecular flexibility index (Phi) is 5.10. The quantitative estimate of drug-likeness (QED) is 0.852. The topological polar surface area (TPSA) is 29.3 Å². The summed E-state index contributed by atoms with van der Waals surface area (Å²) in [7, 11) is 0. The lowest BCUT2D eigenvalue weighted by atomic mass is 10.1. The molecule has 0 bridgehead atoms. The Balaban J connectivity index is 2.96. The molecule has 1 aromatic carbocycles. The second kappa shape index (κ2) is 6.12. The number of rotatable bonds is 5. The van der Waals surface area contributed by atoms with Crippen molar-refractivity contribution in [2.75, 3.05) is 18.0 Å². The van der Waals surface area contributed by atoms with Crippen LogP contribution in [0.15, 0.2) is 18.2 Å². The summed E-state index contributed by atoms with van der Waals surface area (Å²) in [4.78, 5) is 2.29. The molecule has 1 aromatic rings. The van der Waals surface area contributed by atoms with Crippen LogP contribution in [0, 0.1) is 0 Å². The van der Waals surface area contributed by atoms with E-state index >= 15 is 0 Å². The second-order valence-corrected chi connectivity index (χ2v) is 4.49. The van der Waals surface area contributed by atoms with Crippen LogP contribution in [0.4, 0.5) is 5.69 Å². The largest absolute Gasteiger partial charge is 0.371 e. The van der Waals surface area contributed by atoms with Crippen LogP contribution in [0.25, 0.3) is 0 Å². The van der Waals surface area contributed by atoms with E-state index in [1.807, 2.05) is 13.0 Å². The maximum Gasteiger partial charge on any atom is 0.0642 e. The summed E-state index contributed by atoms with van der Waals surface area (Å²) in [5.41, 5.74) is 8.02. The van der Waals surface area contributed by atoms with Crippen molar-refractivity contribution in [2.24, 2.45) is 5.73 Å². The molecule has 1 rings (SSSR count). The molecule has 0 aliphatic carbocycles. The van der Waals surface area contributed by atoms with E-state index in [4.69, 9.17) is 17.3 Å². The van der Waals surface area contributed by atoms with Crippen LogP contribution in [-0.2, 0) is 0 Å². The summed E-state index contributed by atoms with van der Waals surface area (Å²) in [5.74, 6) is 0. The van der Waals surface area contributed by atoms with Crippen LogP contribution < -0.4 is 10.6 Å². The molecule has 0 aliphatic heterocycles. The summed E-state index contributed by atoms with van der Waals surface area (Å²) < 4.78 is 0. The molecule has 16 heavy (non-hydrogen) atoms. The van der Waals surface area contributed by atoms with Gasteiger partial charge in [-0.05, 0) is 38.0 Å². The first kappa shape index (κ1) is 13.3. The van der Waals surface area contributed by atoms with Crippen molar-refractivity contribution in [1.29, 1.82) is 0 Å². The number of hydrogen-bond donors (Lipinski definition) is 1. The fourth-order valence-electron chi connectivity index (χ4n) is 1.78. The van der Waals surface area contributed by atoms with Gasteiger partial charge in [0.25, 0.3) is 0 Å². The summed E-state index contributed by atoms with van der Waals surface area (Å²) in [6.07, 6.45) is 1.12. The molecular weight excluding hydrogens is 220 g/mol. The summed E-state index contributed by atoms with van der Waals surface area (Å²) in [6, 6.07) is 6.14. The lowest BCUT2D eigenvalue weighted by Crippen LogP contribution is -2.23. The van der Waals surface area contributed by atoms with Crippen molar-refractivity contribution < 1.29 is 0 Å². The average molecular weight is 241 g/mol. The molecule has 0 heterocycles. The first-order valence-corrected chi connectivity index (χ1v) is 6.27. The number of anilines is 1. The number of nitrogens with zero attached hydrogens (tertiary/aromatic N) is 1. The highest BCUT2D eigenvalue weighted by Gasteiger charge is 2.09. The molecule has 1 unspecified atom stereocenters. The van der Waals surface area contributed by atoms with Crippen LogP contribution >= 0.6 is 11.6 Å². The van der Waals surface area contributed by atoms with Gasteiger partial charge in [0.2, 0.25) is 0 Å². The summed E-state index contributed by atoms with van der Waals surface area (Å²) in [6.45, 7) is 8.30. The number of halogens is 1. The van der Waals surface area contributed by atoms with E-state index in [1.165, 1.54) is 0 Å². The zero-order chi connectivity index (χ0) is 12.1. The number of benzene rings is 1. The van der Waals surface area contributed by atoms with Crippen molar-refractivity contribution in [3.8, 4) is 0 Å². The molecule has 0 saturated heterocycles. The molecule has 2 N–H and O–H groups in total. The zero-order valence-corrected chi connectivity index (χ0v) is 11.1. The van der Waals surface area contributed by atoms with Crippen molar-refractivity contribution in [3.05, 3.63) is 28.8 Å². The molecule has 0 aliphatic rings. The van der Waals surface area contributed by atoms with Gasteiger partial charge in [-0.3, -0.25) is 0 Å². The first-order valence-electron chi connectivity index (χ1n) is 5.90. The van der Waals surface area contributed by atoms with Gasteiger partial charge in [0.05, 0.1) is 10.7 Å². The van der Waals surface area contributed by atoms with Crippen LogP contribution in [0.3, 0.4) is 0 Å². The van der Waals surface area contributed by atoms with E-state index in [9.17, 15) is 0 Å². The van der Waals surface area contributed by atoms with Gasteiger partial charge in [-0.25, -0.2) is 0 Å². The SMILES string of the molecule is CCCN(CC)c1ccc(C(C)N)cc1Cl. The predicted molar refractivity (Wildman–Crippen MR) is 72.2 cm³/mol. The first-order chi connectivity index (χ1) is 7.60. The standard InChI is InChI=1S/C13H21ClN2/c1-4-8-16(5-2)13-7-6-11(10(3)15)9-12(13)14/h6-7,9-10H,4-5,8,15H2,1-3H3. The van der Waals surface area contributed by atoms with E-state index in [0.717, 1.165) is 35.8 Å². The molecule has 2 nitrogen and oxygen atoms in total. The Morgan fingerprint density at radius 2 is 2.06 bits per heavy atom. The molecular formula is C13H21ClN2. The van der Waals surface area contributed by atoms with Crippen molar-refractivity contribution >= 4 is 17.3 Å². The van der Waals surface area contributed by atoms with Gasteiger partial charge in [0.1, 0.15) is 0 Å². The minimum absolute atomic E-state index is 0.0350. The van der Waals surface area contributed by atoms with E-state index in [2.05, 4.69) is 30.9 Å². The second-order valence-electron chi connectivity index (χ2n) is 4.08. The van der Waals surface area contributed by atoms with Gasteiger partial charge in [-0.1, -0.05) is 24.6 Å². The highest BCUT2D eigenvalue weighted by Crippen LogP contribution is 2.28. The van der Waals surface area contributed by atoms with Gasteiger partial charge < -0.3 is 10.6 Å². The fraction of sp³-hybridized carbons (Fsp3) is 0.538. The summed E-state index contributed by atoms with van der Waals surface area (Å²) >= 11 is 6.29. The number of nitrogens with two attached hydrogens (primary N) is 1. The normalized spacial score (nSPS) is 12.6. The molecule has 1 atom stereocenters. The van der Waals surface area contributed by atoms with Crippen molar-refractivity contribution in [1.82, 2.24) is 0 Å². The molecule has 90 valence electrons. The molecule has 0 fully saturated rings. The molecule has 0 aromatic heterocycles. The maximum absolute atomic E-state index is 6.29. The van der Waals surface area contributed by atoms with Crippen molar-refractivity contribution in [3.63, 3.8) is 0 Å². The highest BCUT2D eigenvalue weighted by atomic mass is 35.5. The molecule has 0 saturated carbocycles. The summed E-state index contributed by atoms with van der Waals surface area (Å²) in [5, 5.41) is 0.796. The maximum atomic E-state index is 6.29. The smallest absolute Gasteiger partial charge is 0.0642 e. The minimum atomic E-state index is 0.0350. The van der Waals surface area contributed by atoms with Crippen LogP contribution in [0.2, 0.25) is 5.02 Å². The van der Waals surface area contributed by atoms with Gasteiger partial charge >= 0.3 is 0 Å². The van der Waals surface area contributed by atoms with Crippen LogP contribution in [0.5, 0.6) is 0 Å². The Labute approximate surface area is 103 Å². The lowest BCUT2D eigenvalue weighted by Gasteiger charge is -2.24.